The SMILES string of the molecule is CC(C)c1nc(=O)[nH]c2c1CNCC2. The molecule has 0 spiro atoms. The van der Waals surface area contributed by atoms with Crippen LogP contribution in [0.3, 0.4) is 0 Å². The zero-order chi connectivity index (χ0) is 10.1. The molecule has 1 aliphatic rings. The van der Waals surface area contributed by atoms with Crippen molar-refractivity contribution in [3.05, 3.63) is 27.4 Å². The van der Waals surface area contributed by atoms with Gasteiger partial charge in [-0.05, 0) is 5.92 Å². The highest BCUT2D eigenvalue weighted by molar-refractivity contribution is 5.28. The smallest absolute Gasteiger partial charge is 0.312 e. The Labute approximate surface area is 82.8 Å². The van der Waals surface area contributed by atoms with E-state index in [-0.39, 0.29) is 5.69 Å². The van der Waals surface area contributed by atoms with Gasteiger partial charge in [0.05, 0.1) is 5.69 Å². The van der Waals surface area contributed by atoms with Gasteiger partial charge in [-0.3, -0.25) is 0 Å². The van der Waals surface area contributed by atoms with Crippen LogP contribution in [0.5, 0.6) is 0 Å². The molecule has 0 unspecified atom stereocenters. The minimum atomic E-state index is -0.214. The molecule has 76 valence electrons. The fraction of sp³-hybridized carbons (Fsp3) is 0.600. The molecule has 0 saturated carbocycles. The number of H-pyrrole nitrogens is 1. The molecule has 0 radical (unpaired) electrons. The van der Waals surface area contributed by atoms with Gasteiger partial charge in [-0.2, -0.15) is 4.98 Å². The summed E-state index contributed by atoms with van der Waals surface area (Å²) in [6, 6.07) is 0. The van der Waals surface area contributed by atoms with Crippen molar-refractivity contribution in [1.29, 1.82) is 0 Å². The maximum Gasteiger partial charge on any atom is 0.345 e. The Bertz CT molecular complexity index is 395. The fourth-order valence-corrected chi connectivity index (χ4v) is 1.88. The second-order valence-corrected chi connectivity index (χ2v) is 3.97. The van der Waals surface area contributed by atoms with E-state index in [1.54, 1.807) is 0 Å². The molecule has 0 aliphatic carbocycles. The average Bonchev–Trinajstić information content (AvgIpc) is 2.16. The first-order valence-electron chi connectivity index (χ1n) is 5.01. The highest BCUT2D eigenvalue weighted by Gasteiger charge is 2.17. The summed E-state index contributed by atoms with van der Waals surface area (Å²) in [4.78, 5) is 18.1. The topological polar surface area (TPSA) is 57.8 Å². The monoisotopic (exact) mass is 193 g/mol. The Hall–Kier alpha value is -1.16. The highest BCUT2D eigenvalue weighted by Crippen LogP contribution is 2.19. The van der Waals surface area contributed by atoms with Crippen molar-refractivity contribution in [1.82, 2.24) is 15.3 Å². The quantitative estimate of drug-likeness (QED) is 0.684. The number of hydrogen-bond acceptors (Lipinski definition) is 3. The zero-order valence-corrected chi connectivity index (χ0v) is 8.55. The summed E-state index contributed by atoms with van der Waals surface area (Å²) < 4.78 is 0. The normalized spacial score (nSPS) is 15.6. The molecule has 1 aromatic heterocycles. The van der Waals surface area contributed by atoms with E-state index >= 15 is 0 Å². The number of aromatic nitrogens is 2. The number of rotatable bonds is 1. The van der Waals surface area contributed by atoms with Crippen LogP contribution in [-0.4, -0.2) is 16.5 Å². The van der Waals surface area contributed by atoms with Gasteiger partial charge in [0.2, 0.25) is 0 Å². The van der Waals surface area contributed by atoms with Gasteiger partial charge < -0.3 is 10.3 Å². The van der Waals surface area contributed by atoms with Crippen LogP contribution in [0.15, 0.2) is 4.79 Å². The van der Waals surface area contributed by atoms with E-state index < -0.39 is 0 Å². The zero-order valence-electron chi connectivity index (χ0n) is 8.55. The second-order valence-electron chi connectivity index (χ2n) is 3.97. The van der Waals surface area contributed by atoms with Crippen LogP contribution in [0.25, 0.3) is 0 Å². The van der Waals surface area contributed by atoms with Crippen molar-refractivity contribution < 1.29 is 0 Å². The Morgan fingerprint density at radius 2 is 2.21 bits per heavy atom. The van der Waals surface area contributed by atoms with Crippen LogP contribution in [0.2, 0.25) is 0 Å². The van der Waals surface area contributed by atoms with Gasteiger partial charge in [0.15, 0.2) is 0 Å². The van der Waals surface area contributed by atoms with E-state index in [1.807, 2.05) is 0 Å². The molecule has 2 N–H and O–H groups in total. The van der Waals surface area contributed by atoms with E-state index in [2.05, 4.69) is 29.1 Å². The van der Waals surface area contributed by atoms with Crippen molar-refractivity contribution in [2.24, 2.45) is 0 Å². The lowest BCUT2D eigenvalue weighted by atomic mass is 9.99. The lowest BCUT2D eigenvalue weighted by Crippen LogP contribution is -2.30. The summed E-state index contributed by atoms with van der Waals surface area (Å²) in [6.45, 7) is 5.89. The van der Waals surface area contributed by atoms with Gasteiger partial charge >= 0.3 is 5.69 Å². The van der Waals surface area contributed by atoms with Crippen LogP contribution in [-0.2, 0) is 13.0 Å². The molecule has 0 aromatic carbocycles. The minimum Gasteiger partial charge on any atom is -0.312 e. The second kappa shape index (κ2) is 3.53. The van der Waals surface area contributed by atoms with Crippen LogP contribution in [0.4, 0.5) is 0 Å². The lowest BCUT2D eigenvalue weighted by Gasteiger charge is -2.20. The average molecular weight is 193 g/mol. The van der Waals surface area contributed by atoms with E-state index in [0.29, 0.717) is 5.92 Å². The Morgan fingerprint density at radius 1 is 1.43 bits per heavy atom. The van der Waals surface area contributed by atoms with Crippen molar-refractivity contribution in [2.75, 3.05) is 6.54 Å². The van der Waals surface area contributed by atoms with Crippen LogP contribution >= 0.6 is 0 Å². The summed E-state index contributed by atoms with van der Waals surface area (Å²) in [7, 11) is 0. The van der Waals surface area contributed by atoms with E-state index in [0.717, 1.165) is 30.9 Å². The molecule has 2 rings (SSSR count). The van der Waals surface area contributed by atoms with Crippen LogP contribution in [0, 0.1) is 0 Å². The molecule has 2 heterocycles. The lowest BCUT2D eigenvalue weighted by molar-refractivity contribution is 0.603. The molecule has 0 amide bonds. The summed E-state index contributed by atoms with van der Waals surface area (Å²) in [5, 5.41) is 3.29. The molecule has 4 nitrogen and oxygen atoms in total. The summed E-state index contributed by atoms with van der Waals surface area (Å²) >= 11 is 0. The van der Waals surface area contributed by atoms with Crippen LogP contribution < -0.4 is 11.0 Å². The summed E-state index contributed by atoms with van der Waals surface area (Å²) in [6.07, 6.45) is 0.896. The predicted molar refractivity (Wildman–Crippen MR) is 54.4 cm³/mol. The molecule has 0 fully saturated rings. The van der Waals surface area contributed by atoms with E-state index in [1.165, 1.54) is 5.56 Å². The van der Waals surface area contributed by atoms with E-state index in [9.17, 15) is 4.79 Å². The number of nitrogens with zero attached hydrogens (tertiary/aromatic N) is 1. The van der Waals surface area contributed by atoms with Gasteiger partial charge in [-0.15, -0.1) is 0 Å². The highest BCUT2D eigenvalue weighted by atomic mass is 16.1. The van der Waals surface area contributed by atoms with Crippen LogP contribution in [0.1, 0.15) is 36.7 Å². The van der Waals surface area contributed by atoms with Gasteiger partial charge in [0, 0.05) is 30.8 Å². The van der Waals surface area contributed by atoms with E-state index in [4.69, 9.17) is 0 Å². The third kappa shape index (κ3) is 1.57. The van der Waals surface area contributed by atoms with Gasteiger partial charge in [0.1, 0.15) is 0 Å². The molecular formula is C10H15N3O. The molecule has 4 heteroatoms. The summed E-state index contributed by atoms with van der Waals surface area (Å²) in [5.74, 6) is 0.311. The Kier molecular flexibility index (Phi) is 2.37. The minimum absolute atomic E-state index is 0.214. The van der Waals surface area contributed by atoms with Crippen molar-refractivity contribution in [2.45, 2.75) is 32.7 Å². The molecule has 0 saturated heterocycles. The largest absolute Gasteiger partial charge is 0.345 e. The first-order chi connectivity index (χ1) is 6.68. The first kappa shape index (κ1) is 9.40. The molecule has 1 aliphatic heterocycles. The number of aromatic amines is 1. The Morgan fingerprint density at radius 3 is 2.93 bits per heavy atom. The van der Waals surface area contributed by atoms with Gasteiger partial charge in [-0.25, -0.2) is 4.79 Å². The molecule has 0 atom stereocenters. The van der Waals surface area contributed by atoms with Crippen molar-refractivity contribution in [3.63, 3.8) is 0 Å². The first-order valence-corrected chi connectivity index (χ1v) is 5.01. The summed E-state index contributed by atoms with van der Waals surface area (Å²) in [5.41, 5.74) is 2.98. The Balaban J connectivity index is 2.58. The van der Waals surface area contributed by atoms with Gasteiger partial charge in [-0.1, -0.05) is 13.8 Å². The third-order valence-corrected chi connectivity index (χ3v) is 2.55. The molecule has 1 aromatic rings. The molecular weight excluding hydrogens is 178 g/mol. The van der Waals surface area contributed by atoms with Crippen molar-refractivity contribution in [3.8, 4) is 0 Å². The molecule has 14 heavy (non-hydrogen) atoms. The number of nitrogens with one attached hydrogen (secondary N) is 2. The number of hydrogen-bond donors (Lipinski definition) is 2. The molecule has 0 bridgehead atoms. The maximum absolute atomic E-state index is 11.3. The standard InChI is InChI=1S/C10H15N3O/c1-6(2)9-7-5-11-4-3-8(7)12-10(14)13-9/h6,11H,3-5H2,1-2H3,(H,12,13,14). The predicted octanol–water partition coefficient (Wildman–Crippen LogP) is 0.539. The number of fused-ring (bicyclic) bond motifs is 1. The van der Waals surface area contributed by atoms with Gasteiger partial charge in [0.25, 0.3) is 0 Å². The third-order valence-electron chi connectivity index (χ3n) is 2.55. The maximum atomic E-state index is 11.3. The van der Waals surface area contributed by atoms with Crippen molar-refractivity contribution >= 4 is 0 Å². The fourth-order valence-electron chi connectivity index (χ4n) is 1.88.